The van der Waals surface area contributed by atoms with Crippen LogP contribution in [0.5, 0.6) is 0 Å². The Morgan fingerprint density at radius 2 is 2.00 bits per heavy atom. The summed E-state index contributed by atoms with van der Waals surface area (Å²) in [6.07, 6.45) is 1.78. The summed E-state index contributed by atoms with van der Waals surface area (Å²) in [6.45, 7) is 2.02. The Kier molecular flexibility index (Phi) is 4.43. The van der Waals surface area contributed by atoms with Crippen LogP contribution in [-0.2, 0) is 14.3 Å². The first-order valence-corrected chi connectivity index (χ1v) is 6.72. The van der Waals surface area contributed by atoms with Crippen LogP contribution in [0.2, 0.25) is 5.02 Å². The second-order valence-corrected chi connectivity index (χ2v) is 4.96. The molecule has 4 nitrogen and oxygen atoms in total. The Balaban J connectivity index is 2.14. The normalized spacial score (nSPS) is 15.7. The molecule has 1 fully saturated rings. The summed E-state index contributed by atoms with van der Waals surface area (Å²) in [5, 5.41) is 3.33. The third-order valence-corrected chi connectivity index (χ3v) is 3.21. The standard InChI is InChI=1S/C14H16ClNO3/c1-2-19-14(18)12(16-13(17)10-3-4-10)9-5-7-11(15)8-6-9/h5-8,10,12H,2-4H2,1H3,(H,16,17)/t12-/m0/s1. The van der Waals surface area contributed by atoms with E-state index in [0.717, 1.165) is 12.8 Å². The van der Waals surface area contributed by atoms with E-state index in [1.165, 1.54) is 0 Å². The molecule has 1 atom stereocenters. The van der Waals surface area contributed by atoms with Crippen LogP contribution in [0.15, 0.2) is 24.3 Å². The molecule has 0 spiro atoms. The molecule has 1 aromatic rings. The summed E-state index contributed by atoms with van der Waals surface area (Å²) >= 11 is 5.82. The molecule has 0 aliphatic heterocycles. The number of carbonyl (C=O) groups excluding carboxylic acids is 2. The Morgan fingerprint density at radius 3 is 2.53 bits per heavy atom. The molecule has 0 bridgehead atoms. The Labute approximate surface area is 117 Å². The van der Waals surface area contributed by atoms with Gasteiger partial charge in [-0.05, 0) is 37.5 Å². The van der Waals surface area contributed by atoms with Gasteiger partial charge in [-0.1, -0.05) is 23.7 Å². The number of hydrogen-bond acceptors (Lipinski definition) is 3. The van der Waals surface area contributed by atoms with Crippen LogP contribution in [0.3, 0.4) is 0 Å². The number of ether oxygens (including phenoxy) is 1. The van der Waals surface area contributed by atoms with Crippen LogP contribution in [0.25, 0.3) is 0 Å². The molecule has 1 N–H and O–H groups in total. The van der Waals surface area contributed by atoms with E-state index >= 15 is 0 Å². The van der Waals surface area contributed by atoms with Crippen molar-refractivity contribution in [2.45, 2.75) is 25.8 Å². The molecule has 0 heterocycles. The van der Waals surface area contributed by atoms with Gasteiger partial charge in [-0.2, -0.15) is 0 Å². The van der Waals surface area contributed by atoms with Crippen molar-refractivity contribution < 1.29 is 14.3 Å². The van der Waals surface area contributed by atoms with Crippen molar-refractivity contribution in [3.8, 4) is 0 Å². The van der Waals surface area contributed by atoms with Gasteiger partial charge in [0.15, 0.2) is 6.04 Å². The third kappa shape index (κ3) is 3.70. The van der Waals surface area contributed by atoms with Gasteiger partial charge in [-0.25, -0.2) is 4.79 Å². The summed E-state index contributed by atoms with van der Waals surface area (Å²) in [5.74, 6) is -0.490. The molecule has 1 saturated carbocycles. The largest absolute Gasteiger partial charge is 0.464 e. The number of rotatable bonds is 5. The molecule has 0 radical (unpaired) electrons. The Morgan fingerprint density at radius 1 is 1.37 bits per heavy atom. The SMILES string of the molecule is CCOC(=O)[C@@H](NC(=O)C1CC1)c1ccc(Cl)cc1. The lowest BCUT2D eigenvalue weighted by Crippen LogP contribution is -2.35. The van der Waals surface area contributed by atoms with E-state index in [4.69, 9.17) is 16.3 Å². The van der Waals surface area contributed by atoms with Gasteiger partial charge < -0.3 is 10.1 Å². The van der Waals surface area contributed by atoms with Crippen molar-refractivity contribution in [3.05, 3.63) is 34.9 Å². The molecule has 1 aliphatic rings. The Bertz CT molecular complexity index is 468. The van der Waals surface area contributed by atoms with Gasteiger partial charge in [-0.3, -0.25) is 4.79 Å². The minimum Gasteiger partial charge on any atom is -0.464 e. The van der Waals surface area contributed by atoms with Crippen LogP contribution in [-0.4, -0.2) is 18.5 Å². The van der Waals surface area contributed by atoms with Gasteiger partial charge >= 0.3 is 5.97 Å². The lowest BCUT2D eigenvalue weighted by atomic mass is 10.1. The number of halogens is 1. The summed E-state index contributed by atoms with van der Waals surface area (Å²) in [6, 6.07) is 6.05. The molecule has 0 saturated heterocycles. The predicted octanol–water partition coefficient (Wildman–Crippen LogP) is 2.47. The van der Waals surface area contributed by atoms with E-state index in [0.29, 0.717) is 10.6 Å². The average molecular weight is 282 g/mol. The van der Waals surface area contributed by atoms with Crippen molar-refractivity contribution in [1.29, 1.82) is 0 Å². The number of benzene rings is 1. The van der Waals surface area contributed by atoms with Gasteiger partial charge in [0.1, 0.15) is 0 Å². The number of carbonyl (C=O) groups is 2. The van der Waals surface area contributed by atoms with Crippen LogP contribution in [0, 0.1) is 5.92 Å². The van der Waals surface area contributed by atoms with Crippen LogP contribution < -0.4 is 5.32 Å². The van der Waals surface area contributed by atoms with E-state index in [1.54, 1.807) is 31.2 Å². The topological polar surface area (TPSA) is 55.4 Å². The quantitative estimate of drug-likeness (QED) is 0.844. The van der Waals surface area contributed by atoms with Crippen molar-refractivity contribution in [2.24, 2.45) is 5.92 Å². The van der Waals surface area contributed by atoms with Gasteiger partial charge in [-0.15, -0.1) is 0 Å². The molecule has 1 amide bonds. The first-order valence-electron chi connectivity index (χ1n) is 6.34. The molecule has 0 aromatic heterocycles. The van der Waals surface area contributed by atoms with Crippen LogP contribution in [0.4, 0.5) is 0 Å². The number of hydrogen-bond donors (Lipinski definition) is 1. The molecular formula is C14H16ClNO3. The summed E-state index contributed by atoms with van der Waals surface area (Å²) in [5.41, 5.74) is 0.678. The minimum atomic E-state index is -0.759. The predicted molar refractivity (Wildman–Crippen MR) is 71.7 cm³/mol. The molecule has 1 aromatic carbocycles. The van der Waals surface area contributed by atoms with Gasteiger partial charge in [0.25, 0.3) is 0 Å². The highest BCUT2D eigenvalue weighted by molar-refractivity contribution is 6.30. The first kappa shape index (κ1) is 13.9. The summed E-state index contributed by atoms with van der Waals surface area (Å²) in [4.78, 5) is 23.8. The van der Waals surface area contributed by atoms with Crippen LogP contribution >= 0.6 is 11.6 Å². The fourth-order valence-electron chi connectivity index (χ4n) is 1.76. The van der Waals surface area contributed by atoms with Crippen molar-refractivity contribution in [3.63, 3.8) is 0 Å². The molecule has 19 heavy (non-hydrogen) atoms. The first-order chi connectivity index (χ1) is 9.11. The van der Waals surface area contributed by atoms with Crippen LogP contribution in [0.1, 0.15) is 31.4 Å². The van der Waals surface area contributed by atoms with E-state index in [2.05, 4.69) is 5.32 Å². The molecule has 102 valence electrons. The molecule has 5 heteroatoms. The number of amides is 1. The maximum absolute atomic E-state index is 11.9. The van der Waals surface area contributed by atoms with Crippen molar-refractivity contribution >= 4 is 23.5 Å². The van der Waals surface area contributed by atoms with Gasteiger partial charge in [0.2, 0.25) is 5.91 Å². The fourth-order valence-corrected chi connectivity index (χ4v) is 1.89. The van der Waals surface area contributed by atoms with Gasteiger partial charge in [0, 0.05) is 10.9 Å². The second kappa shape index (κ2) is 6.06. The zero-order chi connectivity index (χ0) is 13.8. The maximum atomic E-state index is 11.9. The van der Waals surface area contributed by atoms with Crippen molar-refractivity contribution in [2.75, 3.05) is 6.61 Å². The van der Waals surface area contributed by atoms with Crippen molar-refractivity contribution in [1.82, 2.24) is 5.32 Å². The summed E-state index contributed by atoms with van der Waals surface area (Å²) < 4.78 is 5.00. The zero-order valence-electron chi connectivity index (χ0n) is 10.7. The van der Waals surface area contributed by atoms with Gasteiger partial charge in [0.05, 0.1) is 6.61 Å². The molecular weight excluding hydrogens is 266 g/mol. The zero-order valence-corrected chi connectivity index (χ0v) is 11.4. The van der Waals surface area contributed by atoms with E-state index in [1.807, 2.05) is 0 Å². The highest BCUT2D eigenvalue weighted by Gasteiger charge is 2.33. The van der Waals surface area contributed by atoms with E-state index in [-0.39, 0.29) is 18.4 Å². The monoisotopic (exact) mass is 281 g/mol. The second-order valence-electron chi connectivity index (χ2n) is 4.52. The fraction of sp³-hybridized carbons (Fsp3) is 0.429. The summed E-state index contributed by atoms with van der Waals surface area (Å²) in [7, 11) is 0. The minimum absolute atomic E-state index is 0.0456. The smallest absolute Gasteiger partial charge is 0.333 e. The lowest BCUT2D eigenvalue weighted by molar-refractivity contribution is -0.147. The lowest BCUT2D eigenvalue weighted by Gasteiger charge is -2.17. The third-order valence-electron chi connectivity index (χ3n) is 2.96. The highest BCUT2D eigenvalue weighted by atomic mass is 35.5. The number of nitrogens with one attached hydrogen (secondary N) is 1. The number of esters is 1. The Hall–Kier alpha value is -1.55. The molecule has 1 aliphatic carbocycles. The highest BCUT2D eigenvalue weighted by Crippen LogP contribution is 2.30. The van der Waals surface area contributed by atoms with E-state index in [9.17, 15) is 9.59 Å². The maximum Gasteiger partial charge on any atom is 0.333 e. The average Bonchev–Trinajstić information content (AvgIpc) is 3.21. The molecule has 2 rings (SSSR count). The molecule has 0 unspecified atom stereocenters. The van der Waals surface area contributed by atoms with E-state index < -0.39 is 12.0 Å².